The largest absolute Gasteiger partial charge is 0.308 e. The van der Waals surface area contributed by atoms with Crippen molar-refractivity contribution in [1.82, 2.24) is 10.3 Å². The van der Waals surface area contributed by atoms with E-state index in [1.807, 2.05) is 0 Å². The van der Waals surface area contributed by atoms with E-state index in [4.69, 9.17) is 4.98 Å². The van der Waals surface area contributed by atoms with Crippen LogP contribution in [0.2, 0.25) is 0 Å². The average Bonchev–Trinajstić information content (AvgIpc) is 2.72. The zero-order valence-electron chi connectivity index (χ0n) is 11.8. The van der Waals surface area contributed by atoms with Gasteiger partial charge in [-0.05, 0) is 12.8 Å². The van der Waals surface area contributed by atoms with Crippen LogP contribution in [0.3, 0.4) is 0 Å². The average molecular weight is 254 g/mol. The smallest absolute Gasteiger partial charge is 0.107 e. The molecule has 2 nitrogen and oxygen atoms in total. The quantitative estimate of drug-likeness (QED) is 0.826. The summed E-state index contributed by atoms with van der Waals surface area (Å²) in [6.07, 6.45) is 3.70. The van der Waals surface area contributed by atoms with Crippen LogP contribution in [-0.4, -0.2) is 11.0 Å². The van der Waals surface area contributed by atoms with E-state index in [1.54, 1.807) is 11.3 Å². The lowest BCUT2D eigenvalue weighted by molar-refractivity contribution is 0.461. The predicted octanol–water partition coefficient (Wildman–Crippen LogP) is 4.11. The van der Waals surface area contributed by atoms with E-state index in [2.05, 4.69) is 45.3 Å². The monoisotopic (exact) mass is 254 g/mol. The van der Waals surface area contributed by atoms with Gasteiger partial charge in [0, 0.05) is 23.4 Å². The highest BCUT2D eigenvalue weighted by atomic mass is 32.1. The van der Waals surface area contributed by atoms with Gasteiger partial charge in [-0.3, -0.25) is 0 Å². The van der Waals surface area contributed by atoms with E-state index in [-0.39, 0.29) is 5.41 Å². The van der Waals surface area contributed by atoms with Gasteiger partial charge in [-0.1, -0.05) is 41.0 Å². The zero-order chi connectivity index (χ0) is 12.9. The summed E-state index contributed by atoms with van der Waals surface area (Å²) in [6, 6.07) is 0.641. The Morgan fingerprint density at radius 1 is 1.35 bits per heavy atom. The van der Waals surface area contributed by atoms with Crippen LogP contribution in [0, 0.1) is 0 Å². The molecule has 1 aromatic heterocycles. The molecule has 1 heterocycles. The molecule has 0 spiro atoms. The predicted molar refractivity (Wildman–Crippen MR) is 76.6 cm³/mol. The summed E-state index contributed by atoms with van der Waals surface area (Å²) in [5.41, 5.74) is 1.38. The minimum Gasteiger partial charge on any atom is -0.308 e. The summed E-state index contributed by atoms with van der Waals surface area (Å²) in [5.74, 6) is 0. The Labute approximate surface area is 110 Å². The summed E-state index contributed by atoms with van der Waals surface area (Å²) in [4.78, 5) is 4.70. The van der Waals surface area contributed by atoms with Gasteiger partial charge in [0.25, 0.3) is 0 Å². The summed E-state index contributed by atoms with van der Waals surface area (Å²) >= 11 is 1.77. The van der Waals surface area contributed by atoms with Crippen molar-refractivity contribution in [2.24, 2.45) is 0 Å². The molecule has 0 radical (unpaired) electrons. The molecule has 3 heteroatoms. The molecule has 0 bridgehead atoms. The minimum atomic E-state index is 0.169. The normalized spacial score (nSPS) is 13.9. The van der Waals surface area contributed by atoms with Crippen LogP contribution in [0.5, 0.6) is 0 Å². The van der Waals surface area contributed by atoms with Crippen LogP contribution in [0.25, 0.3) is 0 Å². The van der Waals surface area contributed by atoms with Crippen molar-refractivity contribution in [2.45, 2.75) is 71.9 Å². The Hall–Kier alpha value is -0.410. The lowest BCUT2D eigenvalue weighted by Crippen LogP contribution is -2.27. The topological polar surface area (TPSA) is 24.9 Å². The second-order valence-electron chi connectivity index (χ2n) is 5.65. The molecule has 0 aromatic carbocycles. The molecule has 0 aliphatic heterocycles. The highest BCUT2D eigenvalue weighted by Gasteiger charge is 2.17. The molecule has 0 fully saturated rings. The number of hydrogen-bond donors (Lipinski definition) is 1. The molecule has 98 valence electrons. The fraction of sp³-hybridized carbons (Fsp3) is 0.786. The third-order valence-corrected chi connectivity index (χ3v) is 3.84. The summed E-state index contributed by atoms with van der Waals surface area (Å²) in [5, 5.41) is 7.00. The summed E-state index contributed by atoms with van der Waals surface area (Å²) in [7, 11) is 0. The number of hydrogen-bond acceptors (Lipinski definition) is 3. The second-order valence-corrected chi connectivity index (χ2v) is 6.59. The fourth-order valence-electron chi connectivity index (χ4n) is 1.77. The van der Waals surface area contributed by atoms with Gasteiger partial charge in [0.15, 0.2) is 0 Å². The lowest BCUT2D eigenvalue weighted by Gasteiger charge is -2.15. The minimum absolute atomic E-state index is 0.169. The Morgan fingerprint density at radius 3 is 2.53 bits per heavy atom. The third kappa shape index (κ3) is 4.76. The van der Waals surface area contributed by atoms with E-state index in [1.165, 1.54) is 30.0 Å². The number of nitrogens with zero attached hydrogens (tertiary/aromatic N) is 1. The van der Waals surface area contributed by atoms with Crippen molar-refractivity contribution < 1.29 is 0 Å². The molecular weight excluding hydrogens is 228 g/mol. The number of rotatable bonds is 6. The molecule has 0 aliphatic carbocycles. The summed E-state index contributed by atoms with van der Waals surface area (Å²) in [6.45, 7) is 12.0. The SMILES string of the molecule is CCCC(CC)NCc1nc(C(C)(C)C)cs1. The van der Waals surface area contributed by atoms with Crippen LogP contribution in [0.15, 0.2) is 5.38 Å². The molecule has 0 aliphatic rings. The fourth-order valence-corrected chi connectivity index (χ4v) is 2.74. The Bertz CT molecular complexity index is 325. The van der Waals surface area contributed by atoms with Crippen LogP contribution in [-0.2, 0) is 12.0 Å². The van der Waals surface area contributed by atoms with E-state index in [0.29, 0.717) is 6.04 Å². The highest BCUT2D eigenvalue weighted by molar-refractivity contribution is 7.09. The first-order chi connectivity index (χ1) is 7.97. The van der Waals surface area contributed by atoms with Gasteiger partial charge in [-0.15, -0.1) is 11.3 Å². The van der Waals surface area contributed by atoms with Crippen LogP contribution >= 0.6 is 11.3 Å². The van der Waals surface area contributed by atoms with Crippen LogP contribution in [0.4, 0.5) is 0 Å². The van der Waals surface area contributed by atoms with Crippen molar-refractivity contribution in [3.05, 3.63) is 16.1 Å². The van der Waals surface area contributed by atoms with Gasteiger partial charge in [0.1, 0.15) is 5.01 Å². The highest BCUT2D eigenvalue weighted by Crippen LogP contribution is 2.23. The van der Waals surface area contributed by atoms with Gasteiger partial charge in [-0.25, -0.2) is 4.98 Å². The Balaban J connectivity index is 2.49. The second kappa shape index (κ2) is 6.50. The first-order valence-corrected chi connectivity index (χ1v) is 7.53. The molecule has 17 heavy (non-hydrogen) atoms. The zero-order valence-corrected chi connectivity index (χ0v) is 12.7. The van der Waals surface area contributed by atoms with Crippen molar-refractivity contribution in [3.63, 3.8) is 0 Å². The maximum atomic E-state index is 4.70. The van der Waals surface area contributed by atoms with E-state index in [0.717, 1.165) is 6.54 Å². The van der Waals surface area contributed by atoms with Crippen LogP contribution in [0.1, 0.15) is 64.6 Å². The van der Waals surface area contributed by atoms with Gasteiger partial charge in [-0.2, -0.15) is 0 Å². The number of thiazole rings is 1. The molecule has 1 atom stereocenters. The number of nitrogens with one attached hydrogen (secondary N) is 1. The Morgan fingerprint density at radius 2 is 2.06 bits per heavy atom. The molecule has 0 saturated carbocycles. The van der Waals surface area contributed by atoms with Gasteiger partial charge in [0.05, 0.1) is 5.69 Å². The number of aromatic nitrogens is 1. The lowest BCUT2D eigenvalue weighted by atomic mass is 9.93. The molecule has 1 rings (SSSR count). The molecule has 0 saturated heterocycles. The van der Waals surface area contributed by atoms with E-state index >= 15 is 0 Å². The van der Waals surface area contributed by atoms with Crippen molar-refractivity contribution in [3.8, 4) is 0 Å². The van der Waals surface area contributed by atoms with Gasteiger partial charge in [0.2, 0.25) is 0 Å². The third-order valence-electron chi connectivity index (χ3n) is 2.99. The van der Waals surface area contributed by atoms with Crippen LogP contribution < -0.4 is 5.32 Å². The molecule has 1 aromatic rings. The molecule has 0 amide bonds. The summed E-state index contributed by atoms with van der Waals surface area (Å²) < 4.78 is 0. The van der Waals surface area contributed by atoms with E-state index < -0.39 is 0 Å². The maximum absolute atomic E-state index is 4.70. The van der Waals surface area contributed by atoms with Crippen molar-refractivity contribution in [2.75, 3.05) is 0 Å². The maximum Gasteiger partial charge on any atom is 0.107 e. The molecule has 1 unspecified atom stereocenters. The Kier molecular flexibility index (Phi) is 5.60. The molecular formula is C14H26N2S. The van der Waals surface area contributed by atoms with Crippen molar-refractivity contribution in [1.29, 1.82) is 0 Å². The standard InChI is InChI=1S/C14H26N2S/c1-6-8-11(7-2)15-9-13-16-12(10-17-13)14(3,4)5/h10-11,15H,6-9H2,1-5H3. The van der Waals surface area contributed by atoms with E-state index in [9.17, 15) is 0 Å². The van der Waals surface area contributed by atoms with Gasteiger partial charge < -0.3 is 5.32 Å². The van der Waals surface area contributed by atoms with Gasteiger partial charge >= 0.3 is 0 Å². The first kappa shape index (κ1) is 14.7. The first-order valence-electron chi connectivity index (χ1n) is 6.65. The molecule has 1 N–H and O–H groups in total. The van der Waals surface area contributed by atoms with Crippen molar-refractivity contribution >= 4 is 11.3 Å².